The second kappa shape index (κ2) is 26.9. The number of hydrogen-bond donors (Lipinski definition) is 1. The third-order valence-corrected chi connectivity index (χ3v) is 6.65. The van der Waals surface area contributed by atoms with Crippen molar-refractivity contribution in [2.75, 3.05) is 40.0 Å². The van der Waals surface area contributed by atoms with Gasteiger partial charge in [0.05, 0.1) is 6.61 Å². The van der Waals surface area contributed by atoms with Gasteiger partial charge in [-0.2, -0.15) is 0 Å². The maximum atomic E-state index is 12.4. The van der Waals surface area contributed by atoms with Crippen LogP contribution in [-0.2, 0) is 14.3 Å². The molecule has 1 atom stereocenters. The second-order valence-corrected chi connectivity index (χ2v) is 9.95. The van der Waals surface area contributed by atoms with Gasteiger partial charge in [0, 0.05) is 26.7 Å². The van der Waals surface area contributed by atoms with Crippen molar-refractivity contribution in [3.8, 4) is 0 Å². The van der Waals surface area contributed by atoms with Crippen LogP contribution in [0.1, 0.15) is 136 Å². The highest BCUT2D eigenvalue weighted by Crippen LogP contribution is 2.17. The molecule has 0 saturated heterocycles. The third-order valence-electron chi connectivity index (χ3n) is 6.65. The lowest BCUT2D eigenvalue weighted by Crippen LogP contribution is -2.29. The van der Waals surface area contributed by atoms with Crippen molar-refractivity contribution in [1.29, 1.82) is 0 Å². The fourth-order valence-electron chi connectivity index (χ4n) is 4.48. The van der Waals surface area contributed by atoms with E-state index in [1.165, 1.54) is 70.6 Å². The van der Waals surface area contributed by atoms with Crippen molar-refractivity contribution in [1.82, 2.24) is 4.90 Å². The zero-order valence-electron chi connectivity index (χ0n) is 23.2. The molecule has 0 radical (unpaired) electrons. The summed E-state index contributed by atoms with van der Waals surface area (Å²) < 4.78 is 11.0. The quantitative estimate of drug-likeness (QED) is 0.0977. The Morgan fingerprint density at radius 2 is 1.24 bits per heavy atom. The van der Waals surface area contributed by atoms with Crippen LogP contribution in [0.4, 0.5) is 0 Å². The first kappa shape index (κ1) is 33.4. The summed E-state index contributed by atoms with van der Waals surface area (Å²) in [6, 6.07) is 0. The Morgan fingerprint density at radius 1 is 0.706 bits per heavy atom. The molecule has 0 aliphatic carbocycles. The summed E-state index contributed by atoms with van der Waals surface area (Å²) >= 11 is 0. The lowest BCUT2D eigenvalue weighted by atomic mass is 10.0. The number of aliphatic hydroxyl groups is 1. The predicted octanol–water partition coefficient (Wildman–Crippen LogP) is 7.29. The van der Waals surface area contributed by atoms with Gasteiger partial charge in [-0.1, -0.05) is 78.1 Å². The van der Waals surface area contributed by atoms with Crippen molar-refractivity contribution in [2.24, 2.45) is 0 Å². The minimum absolute atomic E-state index is 0.0132. The number of hydrogen-bond acceptors (Lipinski definition) is 5. The molecule has 34 heavy (non-hydrogen) atoms. The van der Waals surface area contributed by atoms with Gasteiger partial charge >= 0.3 is 5.97 Å². The molecule has 0 spiro atoms. The smallest absolute Gasteiger partial charge is 0.306 e. The van der Waals surface area contributed by atoms with Crippen molar-refractivity contribution >= 4 is 5.97 Å². The summed E-state index contributed by atoms with van der Waals surface area (Å²) in [6.45, 7) is 8.37. The van der Waals surface area contributed by atoms with Gasteiger partial charge in [0.1, 0.15) is 6.10 Å². The Morgan fingerprint density at radius 3 is 1.85 bits per heavy atom. The zero-order chi connectivity index (χ0) is 25.1. The van der Waals surface area contributed by atoms with Gasteiger partial charge in [-0.05, 0) is 64.5 Å². The molecular weight excluding hydrogens is 426 g/mol. The molecule has 0 aromatic carbocycles. The van der Waals surface area contributed by atoms with Gasteiger partial charge in [0.15, 0.2) is 0 Å². The molecule has 0 aliphatic rings. The first-order valence-electron chi connectivity index (χ1n) is 14.7. The minimum atomic E-state index is 0.0132. The number of methoxy groups -OCH3 is 1. The normalized spacial score (nSPS) is 12.4. The number of unbranched alkanes of at least 4 members (excludes halogenated alkanes) is 12. The molecule has 0 saturated carbocycles. The Balaban J connectivity index is 3.96. The van der Waals surface area contributed by atoms with E-state index in [-0.39, 0.29) is 18.7 Å². The number of esters is 1. The SMILES string of the molecule is CCCCCCCC(CCCCCC)OC(=O)CCCCCCCN(CCO)CCCCOC. The van der Waals surface area contributed by atoms with Crippen LogP contribution in [0.3, 0.4) is 0 Å². The fourth-order valence-corrected chi connectivity index (χ4v) is 4.48. The molecule has 5 nitrogen and oxygen atoms in total. The topological polar surface area (TPSA) is 59.0 Å². The standard InChI is InChI=1S/C29H59NO4/c1-4-6-8-11-15-21-28(20-14-9-7-5-2)34-29(32)22-16-12-10-13-17-23-30(25-26-31)24-18-19-27-33-3/h28,31H,4-27H2,1-3H3. The second-order valence-electron chi connectivity index (χ2n) is 9.95. The van der Waals surface area contributed by atoms with Crippen molar-refractivity contribution in [3.63, 3.8) is 0 Å². The van der Waals surface area contributed by atoms with Crippen LogP contribution in [0.15, 0.2) is 0 Å². The van der Waals surface area contributed by atoms with E-state index >= 15 is 0 Å². The first-order valence-corrected chi connectivity index (χ1v) is 14.7. The van der Waals surface area contributed by atoms with E-state index in [4.69, 9.17) is 9.47 Å². The third kappa shape index (κ3) is 23.1. The van der Waals surface area contributed by atoms with Gasteiger partial charge in [-0.25, -0.2) is 0 Å². The van der Waals surface area contributed by atoms with Crippen LogP contribution in [0.25, 0.3) is 0 Å². The largest absolute Gasteiger partial charge is 0.462 e. The first-order chi connectivity index (χ1) is 16.7. The molecule has 0 amide bonds. The van der Waals surface area contributed by atoms with E-state index in [2.05, 4.69) is 18.7 Å². The van der Waals surface area contributed by atoms with E-state index in [9.17, 15) is 9.90 Å². The Kier molecular flexibility index (Phi) is 26.4. The van der Waals surface area contributed by atoms with Crippen molar-refractivity contribution in [2.45, 2.75) is 142 Å². The molecular formula is C29H59NO4. The summed E-state index contributed by atoms with van der Waals surface area (Å²) in [5.41, 5.74) is 0. The van der Waals surface area contributed by atoms with Crippen LogP contribution in [0, 0.1) is 0 Å². The molecule has 0 fully saturated rings. The molecule has 5 heteroatoms. The van der Waals surface area contributed by atoms with E-state index in [1.807, 2.05) is 0 Å². The molecule has 0 aliphatic heterocycles. The molecule has 0 aromatic rings. The highest BCUT2D eigenvalue weighted by atomic mass is 16.5. The number of aliphatic hydroxyl groups excluding tert-OH is 1. The van der Waals surface area contributed by atoms with E-state index in [0.29, 0.717) is 6.42 Å². The number of carbonyl (C=O) groups excluding carboxylic acids is 1. The van der Waals surface area contributed by atoms with E-state index in [1.54, 1.807) is 7.11 Å². The highest BCUT2D eigenvalue weighted by Gasteiger charge is 2.14. The van der Waals surface area contributed by atoms with Crippen LogP contribution >= 0.6 is 0 Å². The zero-order valence-corrected chi connectivity index (χ0v) is 23.2. The van der Waals surface area contributed by atoms with E-state index < -0.39 is 0 Å². The van der Waals surface area contributed by atoms with Crippen molar-refractivity contribution < 1.29 is 19.4 Å². The monoisotopic (exact) mass is 485 g/mol. The Bertz CT molecular complexity index is 419. The van der Waals surface area contributed by atoms with Crippen LogP contribution in [0.5, 0.6) is 0 Å². The summed E-state index contributed by atoms with van der Waals surface area (Å²) in [4.78, 5) is 14.8. The average Bonchev–Trinajstić information content (AvgIpc) is 2.83. The fraction of sp³-hybridized carbons (Fsp3) is 0.966. The molecule has 0 bridgehead atoms. The highest BCUT2D eigenvalue weighted by molar-refractivity contribution is 5.69. The van der Waals surface area contributed by atoms with Gasteiger partial charge in [0.2, 0.25) is 0 Å². The number of nitrogens with zero attached hydrogens (tertiary/aromatic N) is 1. The molecule has 0 heterocycles. The summed E-state index contributed by atoms with van der Waals surface area (Å²) in [6.07, 6.45) is 21.8. The lowest BCUT2D eigenvalue weighted by molar-refractivity contribution is -0.150. The maximum Gasteiger partial charge on any atom is 0.306 e. The summed E-state index contributed by atoms with van der Waals surface area (Å²) in [7, 11) is 1.74. The summed E-state index contributed by atoms with van der Waals surface area (Å²) in [5, 5.41) is 9.27. The molecule has 0 rings (SSSR count). The van der Waals surface area contributed by atoms with Crippen molar-refractivity contribution in [3.05, 3.63) is 0 Å². The maximum absolute atomic E-state index is 12.4. The predicted molar refractivity (Wildman–Crippen MR) is 144 cm³/mol. The minimum Gasteiger partial charge on any atom is -0.462 e. The number of ether oxygens (including phenoxy) is 2. The van der Waals surface area contributed by atoms with Gasteiger partial charge in [-0.15, -0.1) is 0 Å². The molecule has 1 unspecified atom stereocenters. The lowest BCUT2D eigenvalue weighted by Gasteiger charge is -2.21. The van der Waals surface area contributed by atoms with Crippen LogP contribution in [-0.4, -0.2) is 62.0 Å². The van der Waals surface area contributed by atoms with Gasteiger partial charge in [-0.3, -0.25) is 4.79 Å². The van der Waals surface area contributed by atoms with Crippen LogP contribution in [0.2, 0.25) is 0 Å². The van der Waals surface area contributed by atoms with E-state index in [0.717, 1.165) is 71.2 Å². The van der Waals surface area contributed by atoms with Gasteiger partial charge in [0.25, 0.3) is 0 Å². The Hall–Kier alpha value is -0.650. The van der Waals surface area contributed by atoms with Crippen LogP contribution < -0.4 is 0 Å². The molecule has 204 valence electrons. The molecule has 0 aromatic heterocycles. The Labute approximate surface area is 212 Å². The number of rotatable bonds is 27. The molecule has 1 N–H and O–H groups in total. The summed E-state index contributed by atoms with van der Waals surface area (Å²) in [5.74, 6) is 0.0132. The van der Waals surface area contributed by atoms with Gasteiger partial charge < -0.3 is 19.5 Å². The number of carbonyl (C=O) groups is 1. The average molecular weight is 486 g/mol.